The first-order valence-electron chi connectivity index (χ1n) is 11.5. The van der Waals surface area contributed by atoms with Crippen molar-refractivity contribution < 1.29 is 0 Å². The largest absolute Gasteiger partial charge is 0.356 e. The van der Waals surface area contributed by atoms with Gasteiger partial charge in [-0.3, -0.25) is 4.90 Å². The normalized spacial score (nSPS) is 20.6. The highest BCUT2D eigenvalue weighted by atomic mass is 35.5. The van der Waals surface area contributed by atoms with E-state index in [1.165, 1.54) is 48.3 Å². The second-order valence-electron chi connectivity index (χ2n) is 9.23. The van der Waals surface area contributed by atoms with Crippen LogP contribution in [-0.2, 0) is 19.5 Å². The number of rotatable bonds is 4. The number of hydrogen-bond donors (Lipinski definition) is 0. The SMILES string of the molecule is CC1CCN(c2nc3c(c(N4CCCC4)n2)CN(Cc2cccc(Cl)c2)CC3)CC1. The standard InChI is InChI=1S/C24H32ClN5/c1-18-7-13-30(14-8-18)24-26-22-9-12-28(16-19-5-4-6-20(25)15-19)17-21(22)23(27-24)29-10-2-3-11-29/h4-6,15,18H,2-3,7-14,16-17H2,1H3. The Balaban J connectivity index is 1.42. The van der Waals surface area contributed by atoms with Gasteiger partial charge in [-0.15, -0.1) is 0 Å². The van der Waals surface area contributed by atoms with Crippen LogP contribution in [0.1, 0.15) is 49.4 Å². The fraction of sp³-hybridized carbons (Fsp3) is 0.583. The van der Waals surface area contributed by atoms with Gasteiger partial charge >= 0.3 is 0 Å². The van der Waals surface area contributed by atoms with Gasteiger partial charge in [-0.05, 0) is 49.3 Å². The van der Waals surface area contributed by atoms with Gasteiger partial charge in [-0.2, -0.15) is 4.98 Å². The van der Waals surface area contributed by atoms with Crippen molar-refractivity contribution >= 4 is 23.4 Å². The van der Waals surface area contributed by atoms with Crippen molar-refractivity contribution in [1.29, 1.82) is 0 Å². The van der Waals surface area contributed by atoms with E-state index in [-0.39, 0.29) is 0 Å². The van der Waals surface area contributed by atoms with Crippen LogP contribution in [0.2, 0.25) is 5.02 Å². The molecule has 5 rings (SSSR count). The van der Waals surface area contributed by atoms with Crippen molar-refractivity contribution in [3.63, 3.8) is 0 Å². The third-order valence-electron chi connectivity index (χ3n) is 6.87. The van der Waals surface area contributed by atoms with Crippen LogP contribution in [0.15, 0.2) is 24.3 Å². The minimum Gasteiger partial charge on any atom is -0.356 e. The van der Waals surface area contributed by atoms with Crippen LogP contribution in [0.5, 0.6) is 0 Å². The van der Waals surface area contributed by atoms with Crippen LogP contribution in [0.4, 0.5) is 11.8 Å². The zero-order valence-corrected chi connectivity index (χ0v) is 18.7. The summed E-state index contributed by atoms with van der Waals surface area (Å²) in [5, 5.41) is 0.812. The lowest BCUT2D eigenvalue weighted by atomic mass is 9.99. The molecule has 5 nitrogen and oxygen atoms in total. The lowest BCUT2D eigenvalue weighted by Crippen LogP contribution is -2.37. The van der Waals surface area contributed by atoms with E-state index in [2.05, 4.69) is 33.8 Å². The van der Waals surface area contributed by atoms with Crippen LogP contribution in [0.25, 0.3) is 0 Å². The third-order valence-corrected chi connectivity index (χ3v) is 7.11. The summed E-state index contributed by atoms with van der Waals surface area (Å²) in [5.74, 6) is 2.98. The summed E-state index contributed by atoms with van der Waals surface area (Å²) >= 11 is 6.21. The van der Waals surface area contributed by atoms with E-state index in [1.807, 2.05) is 12.1 Å². The van der Waals surface area contributed by atoms with E-state index < -0.39 is 0 Å². The molecule has 0 aliphatic carbocycles. The monoisotopic (exact) mass is 425 g/mol. The van der Waals surface area contributed by atoms with Crippen molar-refractivity contribution in [1.82, 2.24) is 14.9 Å². The lowest BCUT2D eigenvalue weighted by molar-refractivity contribution is 0.243. The fourth-order valence-electron chi connectivity index (χ4n) is 5.01. The zero-order chi connectivity index (χ0) is 20.5. The van der Waals surface area contributed by atoms with Gasteiger partial charge in [0.25, 0.3) is 0 Å². The Kier molecular flexibility index (Phi) is 5.83. The number of benzene rings is 1. The average molecular weight is 426 g/mol. The highest BCUT2D eigenvalue weighted by Crippen LogP contribution is 2.32. The van der Waals surface area contributed by atoms with Crippen LogP contribution >= 0.6 is 11.6 Å². The lowest BCUT2D eigenvalue weighted by Gasteiger charge is -2.35. The molecule has 4 heterocycles. The highest BCUT2D eigenvalue weighted by Gasteiger charge is 2.28. The van der Waals surface area contributed by atoms with Crippen LogP contribution in [0, 0.1) is 5.92 Å². The van der Waals surface area contributed by atoms with Crippen molar-refractivity contribution in [3.05, 3.63) is 46.1 Å². The van der Waals surface area contributed by atoms with Crippen LogP contribution < -0.4 is 9.80 Å². The Morgan fingerprint density at radius 2 is 1.80 bits per heavy atom. The quantitative estimate of drug-likeness (QED) is 0.719. The first-order valence-corrected chi connectivity index (χ1v) is 11.9. The number of aromatic nitrogens is 2. The first kappa shape index (κ1) is 20.1. The Morgan fingerprint density at radius 1 is 1.00 bits per heavy atom. The Hall–Kier alpha value is -1.85. The molecular formula is C24H32ClN5. The number of nitrogens with zero attached hydrogens (tertiary/aromatic N) is 5. The molecule has 3 aliphatic heterocycles. The minimum atomic E-state index is 0.812. The summed E-state index contributed by atoms with van der Waals surface area (Å²) in [6.45, 7) is 9.64. The topological polar surface area (TPSA) is 35.5 Å². The molecule has 0 saturated carbocycles. The number of piperidine rings is 1. The van der Waals surface area contributed by atoms with Gasteiger partial charge in [0, 0.05) is 62.8 Å². The molecule has 2 fully saturated rings. The van der Waals surface area contributed by atoms with E-state index >= 15 is 0 Å². The summed E-state index contributed by atoms with van der Waals surface area (Å²) in [4.78, 5) is 17.7. The van der Waals surface area contributed by atoms with E-state index in [9.17, 15) is 0 Å². The summed E-state index contributed by atoms with van der Waals surface area (Å²) in [6, 6.07) is 8.23. The highest BCUT2D eigenvalue weighted by molar-refractivity contribution is 6.30. The molecule has 0 atom stereocenters. The smallest absolute Gasteiger partial charge is 0.227 e. The summed E-state index contributed by atoms with van der Waals surface area (Å²) < 4.78 is 0. The van der Waals surface area contributed by atoms with Crippen molar-refractivity contribution in [3.8, 4) is 0 Å². The van der Waals surface area contributed by atoms with Gasteiger partial charge < -0.3 is 9.80 Å². The minimum absolute atomic E-state index is 0.812. The second-order valence-corrected chi connectivity index (χ2v) is 9.66. The molecule has 2 aromatic rings. The van der Waals surface area contributed by atoms with Crippen molar-refractivity contribution in [2.75, 3.05) is 42.5 Å². The molecule has 30 heavy (non-hydrogen) atoms. The van der Waals surface area contributed by atoms with E-state index in [0.717, 1.165) is 69.1 Å². The summed E-state index contributed by atoms with van der Waals surface area (Å²) in [6.07, 6.45) is 6.01. The second kappa shape index (κ2) is 8.72. The molecule has 0 unspecified atom stereocenters. The summed E-state index contributed by atoms with van der Waals surface area (Å²) in [5.41, 5.74) is 3.89. The predicted octanol–water partition coefficient (Wildman–Crippen LogP) is 4.52. The fourth-order valence-corrected chi connectivity index (χ4v) is 5.22. The summed E-state index contributed by atoms with van der Waals surface area (Å²) in [7, 11) is 0. The van der Waals surface area contributed by atoms with E-state index in [4.69, 9.17) is 21.6 Å². The van der Waals surface area contributed by atoms with Crippen molar-refractivity contribution in [2.24, 2.45) is 5.92 Å². The number of anilines is 2. The predicted molar refractivity (Wildman–Crippen MR) is 123 cm³/mol. The number of fused-ring (bicyclic) bond motifs is 1. The maximum Gasteiger partial charge on any atom is 0.227 e. The van der Waals surface area contributed by atoms with Gasteiger partial charge in [0.15, 0.2) is 0 Å². The Morgan fingerprint density at radius 3 is 2.57 bits per heavy atom. The molecule has 160 valence electrons. The molecule has 0 N–H and O–H groups in total. The Bertz CT molecular complexity index is 887. The molecule has 0 radical (unpaired) electrons. The number of halogens is 1. The van der Waals surface area contributed by atoms with Crippen LogP contribution in [0.3, 0.4) is 0 Å². The van der Waals surface area contributed by atoms with Gasteiger partial charge in [0.1, 0.15) is 5.82 Å². The van der Waals surface area contributed by atoms with Gasteiger partial charge in [0.05, 0.1) is 5.69 Å². The van der Waals surface area contributed by atoms with Gasteiger partial charge in [0.2, 0.25) is 5.95 Å². The first-order chi connectivity index (χ1) is 14.7. The molecule has 1 aromatic heterocycles. The van der Waals surface area contributed by atoms with Crippen molar-refractivity contribution in [2.45, 2.75) is 52.1 Å². The molecule has 1 aromatic carbocycles. The molecule has 0 spiro atoms. The third kappa shape index (κ3) is 4.28. The molecule has 0 bridgehead atoms. The zero-order valence-electron chi connectivity index (χ0n) is 18.0. The van der Waals surface area contributed by atoms with E-state index in [0.29, 0.717) is 0 Å². The van der Waals surface area contributed by atoms with Gasteiger partial charge in [-0.1, -0.05) is 30.7 Å². The van der Waals surface area contributed by atoms with E-state index in [1.54, 1.807) is 0 Å². The average Bonchev–Trinajstić information content (AvgIpc) is 3.28. The maximum absolute atomic E-state index is 6.21. The molecular weight excluding hydrogens is 394 g/mol. The molecule has 2 saturated heterocycles. The molecule has 0 amide bonds. The maximum atomic E-state index is 6.21. The molecule has 3 aliphatic rings. The number of hydrogen-bond acceptors (Lipinski definition) is 5. The molecule has 6 heteroatoms. The van der Waals surface area contributed by atoms with Gasteiger partial charge in [-0.25, -0.2) is 4.98 Å². The Labute approximate surface area is 185 Å². The van der Waals surface area contributed by atoms with Crippen LogP contribution in [-0.4, -0.2) is 47.6 Å².